The summed E-state index contributed by atoms with van der Waals surface area (Å²) in [6, 6.07) is 0. The van der Waals surface area contributed by atoms with Gasteiger partial charge in [-0.3, -0.25) is 9.48 Å². The highest BCUT2D eigenvalue weighted by atomic mass is 16.3. The first kappa shape index (κ1) is 14.5. The maximum Gasteiger partial charge on any atom is 0.271 e. The largest absolute Gasteiger partial charge is 0.395 e. The van der Waals surface area contributed by atoms with Crippen LogP contribution in [0.3, 0.4) is 0 Å². The van der Waals surface area contributed by atoms with Crippen LogP contribution in [0, 0.1) is 0 Å². The standard InChI is InChI=1S/C11H20N4O3/c1-4-7-8(12)9(15(3)14-7)10(17)13-5-11(2,18)6-16/h16,18H,4-6,12H2,1-3H3,(H,13,17). The molecule has 0 aliphatic rings. The van der Waals surface area contributed by atoms with Crippen LogP contribution >= 0.6 is 0 Å². The third-order valence-corrected chi connectivity index (χ3v) is 2.68. The molecule has 7 nitrogen and oxygen atoms in total. The molecular weight excluding hydrogens is 236 g/mol. The highest BCUT2D eigenvalue weighted by Gasteiger charge is 2.23. The lowest BCUT2D eigenvalue weighted by atomic mass is 10.1. The SMILES string of the molecule is CCc1nn(C)c(C(=O)NCC(C)(O)CO)c1N. The van der Waals surface area contributed by atoms with Gasteiger partial charge in [-0.1, -0.05) is 6.92 Å². The van der Waals surface area contributed by atoms with Crippen molar-refractivity contribution in [3.8, 4) is 0 Å². The third-order valence-electron chi connectivity index (χ3n) is 2.68. The van der Waals surface area contributed by atoms with Gasteiger partial charge in [0.05, 0.1) is 18.0 Å². The lowest BCUT2D eigenvalue weighted by Gasteiger charge is -2.20. The normalized spacial score (nSPS) is 14.3. The second kappa shape index (κ2) is 5.36. The van der Waals surface area contributed by atoms with Crippen molar-refractivity contribution in [1.29, 1.82) is 0 Å². The Balaban J connectivity index is 2.82. The molecule has 0 spiro atoms. The molecule has 1 aromatic heterocycles. The van der Waals surface area contributed by atoms with E-state index in [4.69, 9.17) is 10.8 Å². The van der Waals surface area contributed by atoms with Gasteiger partial charge >= 0.3 is 0 Å². The van der Waals surface area contributed by atoms with E-state index in [9.17, 15) is 9.90 Å². The van der Waals surface area contributed by atoms with E-state index < -0.39 is 18.1 Å². The Morgan fingerprint density at radius 2 is 2.22 bits per heavy atom. The molecule has 1 aromatic rings. The number of carbonyl (C=O) groups is 1. The zero-order valence-electron chi connectivity index (χ0n) is 10.9. The number of nitrogens with one attached hydrogen (secondary N) is 1. The molecule has 0 aromatic carbocycles. The number of amides is 1. The van der Waals surface area contributed by atoms with Crippen LogP contribution in [0.15, 0.2) is 0 Å². The predicted octanol–water partition coefficient (Wildman–Crippen LogP) is -0.962. The molecule has 1 unspecified atom stereocenters. The fourth-order valence-electron chi connectivity index (χ4n) is 1.54. The second-order valence-electron chi connectivity index (χ2n) is 4.52. The summed E-state index contributed by atoms with van der Waals surface area (Å²) in [6.45, 7) is 2.83. The van der Waals surface area contributed by atoms with Gasteiger partial charge in [0.15, 0.2) is 0 Å². The van der Waals surface area contributed by atoms with E-state index in [1.165, 1.54) is 11.6 Å². The second-order valence-corrected chi connectivity index (χ2v) is 4.52. The number of aryl methyl sites for hydroxylation is 2. The summed E-state index contributed by atoms with van der Waals surface area (Å²) < 4.78 is 1.41. The molecule has 0 fully saturated rings. The third kappa shape index (κ3) is 2.99. The van der Waals surface area contributed by atoms with Gasteiger partial charge in [-0.15, -0.1) is 0 Å². The van der Waals surface area contributed by atoms with Gasteiger partial charge in [-0.2, -0.15) is 5.10 Å². The molecule has 0 radical (unpaired) electrons. The highest BCUT2D eigenvalue weighted by Crippen LogP contribution is 2.16. The van der Waals surface area contributed by atoms with E-state index >= 15 is 0 Å². The smallest absolute Gasteiger partial charge is 0.271 e. The topological polar surface area (TPSA) is 113 Å². The van der Waals surface area contributed by atoms with Crippen LogP contribution < -0.4 is 11.1 Å². The molecule has 0 aliphatic carbocycles. The summed E-state index contributed by atoms with van der Waals surface area (Å²) in [7, 11) is 1.63. The fourth-order valence-corrected chi connectivity index (χ4v) is 1.54. The lowest BCUT2D eigenvalue weighted by molar-refractivity contribution is 0.00313. The van der Waals surface area contributed by atoms with E-state index in [2.05, 4.69) is 10.4 Å². The lowest BCUT2D eigenvalue weighted by Crippen LogP contribution is -2.43. The number of rotatable bonds is 5. The Morgan fingerprint density at radius 1 is 1.61 bits per heavy atom. The number of aliphatic hydroxyl groups excluding tert-OH is 1. The van der Waals surface area contributed by atoms with Crippen LogP contribution in [0.2, 0.25) is 0 Å². The van der Waals surface area contributed by atoms with E-state index in [0.717, 1.165) is 0 Å². The monoisotopic (exact) mass is 256 g/mol. The number of anilines is 1. The molecule has 0 bridgehead atoms. The maximum absolute atomic E-state index is 11.9. The Labute approximate surface area is 106 Å². The molecule has 0 saturated carbocycles. The van der Waals surface area contributed by atoms with Crippen molar-refractivity contribution in [2.45, 2.75) is 25.9 Å². The summed E-state index contributed by atoms with van der Waals surface area (Å²) in [5.74, 6) is -0.420. The first-order valence-corrected chi connectivity index (χ1v) is 5.75. The summed E-state index contributed by atoms with van der Waals surface area (Å²) in [4.78, 5) is 11.9. The number of hydrogen-bond acceptors (Lipinski definition) is 5. The van der Waals surface area contributed by atoms with E-state index in [1.807, 2.05) is 6.92 Å². The Morgan fingerprint density at radius 3 is 2.67 bits per heavy atom. The minimum absolute atomic E-state index is 0.0611. The minimum Gasteiger partial charge on any atom is -0.395 e. The molecule has 5 N–H and O–H groups in total. The van der Waals surface area contributed by atoms with Crippen LogP contribution in [-0.2, 0) is 13.5 Å². The van der Waals surface area contributed by atoms with Gasteiger partial charge in [0.2, 0.25) is 0 Å². The number of aliphatic hydroxyl groups is 2. The molecule has 18 heavy (non-hydrogen) atoms. The van der Waals surface area contributed by atoms with Gasteiger partial charge in [-0.05, 0) is 13.3 Å². The van der Waals surface area contributed by atoms with Crippen molar-refractivity contribution in [3.05, 3.63) is 11.4 Å². The number of hydrogen-bond donors (Lipinski definition) is 4. The summed E-state index contributed by atoms with van der Waals surface area (Å²) >= 11 is 0. The molecular formula is C11H20N4O3. The van der Waals surface area contributed by atoms with Crippen molar-refractivity contribution in [1.82, 2.24) is 15.1 Å². The van der Waals surface area contributed by atoms with Crippen molar-refractivity contribution in [2.24, 2.45) is 7.05 Å². The Hall–Kier alpha value is -1.60. The molecule has 1 atom stereocenters. The van der Waals surface area contributed by atoms with Crippen LogP contribution in [0.4, 0.5) is 5.69 Å². The van der Waals surface area contributed by atoms with E-state index in [1.54, 1.807) is 7.05 Å². The van der Waals surface area contributed by atoms with Gasteiger partial charge < -0.3 is 21.3 Å². The molecule has 102 valence electrons. The number of carbonyl (C=O) groups excluding carboxylic acids is 1. The van der Waals surface area contributed by atoms with Gasteiger partial charge in [-0.25, -0.2) is 0 Å². The van der Waals surface area contributed by atoms with Gasteiger partial charge in [0, 0.05) is 13.6 Å². The Kier molecular flexibility index (Phi) is 4.31. The maximum atomic E-state index is 11.9. The van der Waals surface area contributed by atoms with Crippen molar-refractivity contribution >= 4 is 11.6 Å². The van der Waals surface area contributed by atoms with Crippen LogP contribution in [0.25, 0.3) is 0 Å². The average Bonchev–Trinajstić information content (AvgIpc) is 2.61. The number of nitrogens with zero attached hydrogens (tertiary/aromatic N) is 2. The van der Waals surface area contributed by atoms with Crippen LogP contribution in [0.1, 0.15) is 30.0 Å². The average molecular weight is 256 g/mol. The minimum atomic E-state index is -1.35. The highest BCUT2D eigenvalue weighted by molar-refractivity contribution is 5.98. The molecule has 0 saturated heterocycles. The fraction of sp³-hybridized carbons (Fsp3) is 0.636. The number of aromatic nitrogens is 2. The zero-order chi connectivity index (χ0) is 13.9. The molecule has 1 rings (SSSR count). The Bertz CT molecular complexity index is 440. The van der Waals surface area contributed by atoms with Crippen molar-refractivity contribution in [2.75, 3.05) is 18.9 Å². The van der Waals surface area contributed by atoms with Crippen LogP contribution in [0.5, 0.6) is 0 Å². The first-order chi connectivity index (χ1) is 8.32. The van der Waals surface area contributed by atoms with Gasteiger partial charge in [0.1, 0.15) is 11.3 Å². The van der Waals surface area contributed by atoms with E-state index in [0.29, 0.717) is 17.8 Å². The van der Waals surface area contributed by atoms with Crippen molar-refractivity contribution in [3.63, 3.8) is 0 Å². The van der Waals surface area contributed by atoms with E-state index in [-0.39, 0.29) is 12.2 Å². The zero-order valence-corrected chi connectivity index (χ0v) is 10.9. The molecule has 1 heterocycles. The number of nitrogens with two attached hydrogens (primary N) is 1. The molecule has 1 amide bonds. The quantitative estimate of drug-likeness (QED) is 0.542. The molecule has 0 aliphatic heterocycles. The van der Waals surface area contributed by atoms with Crippen molar-refractivity contribution < 1.29 is 15.0 Å². The molecule has 7 heteroatoms. The predicted molar refractivity (Wildman–Crippen MR) is 67.0 cm³/mol. The summed E-state index contributed by atoms with van der Waals surface area (Å²) in [6.07, 6.45) is 0.640. The summed E-state index contributed by atoms with van der Waals surface area (Å²) in [5.41, 5.74) is 5.76. The first-order valence-electron chi connectivity index (χ1n) is 5.75. The summed E-state index contributed by atoms with van der Waals surface area (Å²) in [5, 5.41) is 25.1. The van der Waals surface area contributed by atoms with Gasteiger partial charge in [0.25, 0.3) is 5.91 Å². The number of nitrogen functional groups attached to an aromatic ring is 1. The van der Waals surface area contributed by atoms with Crippen LogP contribution in [-0.4, -0.2) is 44.7 Å².